The van der Waals surface area contributed by atoms with Crippen molar-refractivity contribution in [2.24, 2.45) is 0 Å². The van der Waals surface area contributed by atoms with E-state index in [1.165, 1.54) is 23.5 Å². The molecule has 0 aliphatic heterocycles. The third-order valence-corrected chi connectivity index (χ3v) is 6.44. The van der Waals surface area contributed by atoms with Gasteiger partial charge in [0.25, 0.3) is 10.0 Å². The molecule has 6 nitrogen and oxygen atoms in total. The predicted molar refractivity (Wildman–Crippen MR) is 105 cm³/mol. The molecule has 1 N–H and O–H groups in total. The summed E-state index contributed by atoms with van der Waals surface area (Å²) in [6.07, 6.45) is 0. The lowest BCUT2D eigenvalue weighted by molar-refractivity contribution is 0.287. The largest absolute Gasteiger partial charge is 0.490 e. The predicted octanol–water partition coefficient (Wildman–Crippen LogP) is 4.47. The van der Waals surface area contributed by atoms with Gasteiger partial charge in [-0.25, -0.2) is 13.4 Å². The zero-order chi connectivity index (χ0) is 18.6. The molecule has 1 aromatic carbocycles. The SMILES string of the molecule is CCOc1ccc(S(=O)(=O)Nc2nc(-c3cccs3)cs2)cc1OCC. The number of hydrogen-bond acceptors (Lipinski definition) is 7. The van der Waals surface area contributed by atoms with E-state index in [4.69, 9.17) is 9.47 Å². The molecule has 0 aliphatic carbocycles. The fourth-order valence-corrected chi connectivity index (χ4v) is 4.97. The third-order valence-electron chi connectivity index (χ3n) is 3.32. The maximum atomic E-state index is 12.7. The van der Waals surface area contributed by atoms with E-state index in [0.717, 1.165) is 10.6 Å². The van der Waals surface area contributed by atoms with Crippen LogP contribution in [0, 0.1) is 0 Å². The smallest absolute Gasteiger partial charge is 0.263 e. The molecule has 3 rings (SSSR count). The monoisotopic (exact) mass is 410 g/mol. The van der Waals surface area contributed by atoms with Crippen LogP contribution in [-0.4, -0.2) is 26.6 Å². The zero-order valence-corrected chi connectivity index (χ0v) is 16.7. The van der Waals surface area contributed by atoms with Crippen molar-refractivity contribution in [3.63, 3.8) is 0 Å². The summed E-state index contributed by atoms with van der Waals surface area (Å²) in [5, 5.41) is 4.10. The van der Waals surface area contributed by atoms with Gasteiger partial charge in [-0.3, -0.25) is 4.72 Å². The van der Waals surface area contributed by atoms with Gasteiger partial charge in [0.1, 0.15) is 0 Å². The van der Waals surface area contributed by atoms with Crippen molar-refractivity contribution in [2.75, 3.05) is 17.9 Å². The van der Waals surface area contributed by atoms with Crippen LogP contribution in [0.15, 0.2) is 46.0 Å². The molecule has 3 aromatic rings. The van der Waals surface area contributed by atoms with Gasteiger partial charge in [0, 0.05) is 11.4 Å². The van der Waals surface area contributed by atoms with Crippen molar-refractivity contribution in [1.82, 2.24) is 4.98 Å². The van der Waals surface area contributed by atoms with Crippen LogP contribution in [-0.2, 0) is 10.0 Å². The Morgan fingerprint density at radius 1 is 1.08 bits per heavy atom. The van der Waals surface area contributed by atoms with Crippen LogP contribution in [0.5, 0.6) is 11.5 Å². The third kappa shape index (κ3) is 4.17. The molecule has 0 unspecified atom stereocenters. The molecule has 138 valence electrons. The number of anilines is 1. The Balaban J connectivity index is 1.85. The van der Waals surface area contributed by atoms with E-state index < -0.39 is 10.0 Å². The molecule has 0 bridgehead atoms. The van der Waals surface area contributed by atoms with Gasteiger partial charge in [0.2, 0.25) is 0 Å². The van der Waals surface area contributed by atoms with E-state index >= 15 is 0 Å². The number of aromatic nitrogens is 1. The van der Waals surface area contributed by atoms with E-state index in [2.05, 4.69) is 9.71 Å². The van der Waals surface area contributed by atoms with Crippen molar-refractivity contribution in [2.45, 2.75) is 18.7 Å². The summed E-state index contributed by atoms with van der Waals surface area (Å²) in [6, 6.07) is 8.42. The number of hydrogen-bond donors (Lipinski definition) is 1. The highest BCUT2D eigenvalue weighted by Gasteiger charge is 2.19. The molecule has 0 amide bonds. The Morgan fingerprint density at radius 2 is 1.85 bits per heavy atom. The lowest BCUT2D eigenvalue weighted by atomic mass is 10.3. The average molecular weight is 411 g/mol. The number of thiazole rings is 1. The first-order valence-corrected chi connectivity index (χ1v) is 11.2. The minimum absolute atomic E-state index is 0.0947. The van der Waals surface area contributed by atoms with Crippen LogP contribution in [0.4, 0.5) is 5.13 Å². The van der Waals surface area contributed by atoms with Gasteiger partial charge < -0.3 is 9.47 Å². The number of sulfonamides is 1. The van der Waals surface area contributed by atoms with Crippen LogP contribution >= 0.6 is 22.7 Å². The van der Waals surface area contributed by atoms with Crippen LogP contribution in [0.2, 0.25) is 0 Å². The molecule has 2 aromatic heterocycles. The maximum Gasteiger partial charge on any atom is 0.263 e. The minimum Gasteiger partial charge on any atom is -0.490 e. The maximum absolute atomic E-state index is 12.7. The van der Waals surface area contributed by atoms with Crippen molar-refractivity contribution in [3.8, 4) is 22.1 Å². The molecule has 0 aliphatic rings. The molecule has 0 saturated carbocycles. The first-order valence-electron chi connectivity index (χ1n) is 7.95. The van der Waals surface area contributed by atoms with E-state index in [1.54, 1.807) is 17.4 Å². The van der Waals surface area contributed by atoms with E-state index in [0.29, 0.717) is 29.8 Å². The molecular formula is C17H18N2O4S3. The van der Waals surface area contributed by atoms with Crippen molar-refractivity contribution in [1.29, 1.82) is 0 Å². The standard InChI is InChI=1S/C17H18N2O4S3/c1-3-22-14-8-7-12(10-15(14)23-4-2)26(20,21)19-17-18-13(11-25-17)16-6-5-9-24-16/h5-11H,3-4H2,1-2H3,(H,18,19). The quantitative estimate of drug-likeness (QED) is 0.593. The Kier molecular flexibility index (Phi) is 5.80. The summed E-state index contributed by atoms with van der Waals surface area (Å²) in [6.45, 7) is 4.56. The first-order chi connectivity index (χ1) is 12.5. The summed E-state index contributed by atoms with van der Waals surface area (Å²) in [7, 11) is -3.78. The summed E-state index contributed by atoms with van der Waals surface area (Å²) >= 11 is 2.80. The topological polar surface area (TPSA) is 77.5 Å². The number of benzene rings is 1. The highest BCUT2D eigenvalue weighted by atomic mass is 32.2. The van der Waals surface area contributed by atoms with Crippen LogP contribution in [0.3, 0.4) is 0 Å². The van der Waals surface area contributed by atoms with Crippen molar-refractivity contribution in [3.05, 3.63) is 41.1 Å². The van der Waals surface area contributed by atoms with Crippen LogP contribution in [0.1, 0.15) is 13.8 Å². The molecule has 2 heterocycles. The van der Waals surface area contributed by atoms with Crippen LogP contribution in [0.25, 0.3) is 10.6 Å². The average Bonchev–Trinajstić information content (AvgIpc) is 3.28. The second kappa shape index (κ2) is 8.07. The molecular weight excluding hydrogens is 392 g/mol. The van der Waals surface area contributed by atoms with Gasteiger partial charge in [0.05, 0.1) is 28.7 Å². The number of rotatable bonds is 8. The summed E-state index contributed by atoms with van der Waals surface area (Å²) in [5.41, 5.74) is 0.754. The summed E-state index contributed by atoms with van der Waals surface area (Å²) < 4.78 is 38.9. The fraction of sp³-hybridized carbons (Fsp3) is 0.235. The van der Waals surface area contributed by atoms with Crippen molar-refractivity contribution < 1.29 is 17.9 Å². The van der Waals surface area contributed by atoms with Gasteiger partial charge in [-0.05, 0) is 37.4 Å². The van der Waals surface area contributed by atoms with E-state index in [-0.39, 0.29) is 4.90 Å². The summed E-state index contributed by atoms with van der Waals surface area (Å²) in [5.74, 6) is 0.915. The highest BCUT2D eigenvalue weighted by Crippen LogP contribution is 2.32. The van der Waals surface area contributed by atoms with Gasteiger partial charge in [0.15, 0.2) is 16.6 Å². The minimum atomic E-state index is -3.78. The number of nitrogens with one attached hydrogen (secondary N) is 1. The Hall–Kier alpha value is -2.10. The molecule has 0 saturated heterocycles. The molecule has 26 heavy (non-hydrogen) atoms. The second-order valence-corrected chi connectivity index (χ2v) is 8.58. The number of nitrogens with zero attached hydrogens (tertiary/aromatic N) is 1. The molecule has 0 atom stereocenters. The first kappa shape index (κ1) is 18.7. The molecule has 0 spiro atoms. The molecule has 9 heteroatoms. The van der Waals surface area contributed by atoms with Gasteiger partial charge in [-0.1, -0.05) is 6.07 Å². The van der Waals surface area contributed by atoms with E-state index in [1.807, 2.05) is 36.7 Å². The van der Waals surface area contributed by atoms with Crippen molar-refractivity contribution >= 4 is 37.8 Å². The molecule has 0 fully saturated rings. The highest BCUT2D eigenvalue weighted by molar-refractivity contribution is 7.93. The fourth-order valence-electron chi connectivity index (χ4n) is 2.23. The Bertz CT molecular complexity index is 966. The Labute approximate surface area is 160 Å². The Morgan fingerprint density at radius 3 is 2.54 bits per heavy atom. The van der Waals surface area contributed by atoms with Gasteiger partial charge >= 0.3 is 0 Å². The second-order valence-electron chi connectivity index (χ2n) is 5.10. The van der Waals surface area contributed by atoms with Gasteiger partial charge in [-0.2, -0.15) is 0 Å². The van der Waals surface area contributed by atoms with E-state index in [9.17, 15) is 8.42 Å². The number of thiophene rings is 1. The van der Waals surface area contributed by atoms with Crippen LogP contribution < -0.4 is 14.2 Å². The normalized spacial score (nSPS) is 11.3. The number of ether oxygens (including phenoxy) is 2. The lowest BCUT2D eigenvalue weighted by Crippen LogP contribution is -2.13. The molecule has 0 radical (unpaired) electrons. The lowest BCUT2D eigenvalue weighted by Gasteiger charge is -2.12. The summed E-state index contributed by atoms with van der Waals surface area (Å²) in [4.78, 5) is 5.44. The van der Waals surface area contributed by atoms with Gasteiger partial charge in [-0.15, -0.1) is 22.7 Å². The zero-order valence-electron chi connectivity index (χ0n) is 14.3.